The molecule has 0 radical (unpaired) electrons. The zero-order valence-electron chi connectivity index (χ0n) is 12.8. The van der Waals surface area contributed by atoms with E-state index >= 15 is 0 Å². The molecule has 20 heavy (non-hydrogen) atoms. The Labute approximate surface area is 121 Å². The Hall–Kier alpha value is -1.26. The fraction of sp³-hybridized carbons (Fsp3) is 0.867. The fourth-order valence-electron chi connectivity index (χ4n) is 2.75. The van der Waals surface area contributed by atoms with Crippen LogP contribution in [0.1, 0.15) is 52.9 Å². The molecule has 3 N–H and O–H groups in total. The number of urea groups is 1. The number of hydrogen-bond acceptors (Lipinski definition) is 2. The first-order chi connectivity index (χ1) is 9.45. The molecule has 0 saturated heterocycles. The van der Waals surface area contributed by atoms with Crippen LogP contribution < -0.4 is 10.6 Å². The molecule has 1 saturated carbocycles. The maximum absolute atomic E-state index is 11.8. The molecule has 0 bridgehead atoms. The first-order valence-corrected chi connectivity index (χ1v) is 7.72. The zero-order chi connectivity index (χ0) is 15.1. The Morgan fingerprint density at radius 3 is 2.50 bits per heavy atom. The van der Waals surface area contributed by atoms with E-state index in [0.717, 1.165) is 32.1 Å². The summed E-state index contributed by atoms with van der Waals surface area (Å²) < 4.78 is 0. The maximum Gasteiger partial charge on any atom is 0.315 e. The zero-order valence-corrected chi connectivity index (χ0v) is 12.8. The second-order valence-corrected chi connectivity index (χ2v) is 6.02. The molecule has 116 valence electrons. The van der Waals surface area contributed by atoms with Gasteiger partial charge in [0, 0.05) is 12.6 Å². The van der Waals surface area contributed by atoms with Crippen molar-refractivity contribution in [1.29, 1.82) is 0 Å². The van der Waals surface area contributed by atoms with Crippen LogP contribution in [0.4, 0.5) is 4.79 Å². The number of rotatable bonds is 6. The van der Waals surface area contributed by atoms with Gasteiger partial charge in [-0.3, -0.25) is 4.79 Å². The number of nitrogens with one attached hydrogen (secondary N) is 2. The van der Waals surface area contributed by atoms with E-state index in [9.17, 15) is 14.7 Å². The van der Waals surface area contributed by atoms with Crippen molar-refractivity contribution in [2.45, 2.75) is 58.9 Å². The molecule has 0 aromatic heterocycles. The van der Waals surface area contributed by atoms with Gasteiger partial charge in [0.05, 0.1) is 5.92 Å². The molecule has 0 aromatic carbocycles. The topological polar surface area (TPSA) is 78.4 Å². The molecular weight excluding hydrogens is 256 g/mol. The summed E-state index contributed by atoms with van der Waals surface area (Å²) in [6.45, 7) is 6.65. The Morgan fingerprint density at radius 2 is 1.90 bits per heavy atom. The molecule has 1 aliphatic rings. The number of carbonyl (C=O) groups excluding carboxylic acids is 1. The number of aliphatic carboxylic acids is 1. The molecule has 5 nitrogen and oxygen atoms in total. The van der Waals surface area contributed by atoms with E-state index in [4.69, 9.17) is 0 Å². The van der Waals surface area contributed by atoms with Gasteiger partial charge >= 0.3 is 12.0 Å². The second-order valence-electron chi connectivity index (χ2n) is 6.02. The van der Waals surface area contributed by atoms with Crippen LogP contribution in [-0.4, -0.2) is 29.7 Å². The normalized spacial score (nSPS) is 25.6. The molecule has 4 atom stereocenters. The third-order valence-electron chi connectivity index (χ3n) is 4.61. The van der Waals surface area contributed by atoms with E-state index in [2.05, 4.69) is 24.5 Å². The summed E-state index contributed by atoms with van der Waals surface area (Å²) in [6, 6.07) is -0.0610. The lowest BCUT2D eigenvalue weighted by molar-refractivity contribution is -0.144. The Morgan fingerprint density at radius 1 is 1.25 bits per heavy atom. The van der Waals surface area contributed by atoms with Gasteiger partial charge in [0.1, 0.15) is 0 Å². The van der Waals surface area contributed by atoms with Crippen molar-refractivity contribution in [2.24, 2.45) is 17.8 Å². The van der Waals surface area contributed by atoms with Crippen molar-refractivity contribution in [3.05, 3.63) is 0 Å². The first kappa shape index (κ1) is 16.8. The number of amides is 2. The van der Waals surface area contributed by atoms with Crippen LogP contribution in [0.5, 0.6) is 0 Å². The Bertz CT molecular complexity index is 333. The highest BCUT2D eigenvalue weighted by molar-refractivity contribution is 5.74. The first-order valence-electron chi connectivity index (χ1n) is 7.72. The molecular formula is C15H28N2O3. The second kappa shape index (κ2) is 8.12. The van der Waals surface area contributed by atoms with Crippen molar-refractivity contribution in [3.63, 3.8) is 0 Å². The van der Waals surface area contributed by atoms with Gasteiger partial charge in [0.15, 0.2) is 0 Å². The molecule has 5 heteroatoms. The van der Waals surface area contributed by atoms with Crippen molar-refractivity contribution in [1.82, 2.24) is 10.6 Å². The molecule has 1 fully saturated rings. The van der Waals surface area contributed by atoms with Crippen molar-refractivity contribution >= 4 is 12.0 Å². The summed E-state index contributed by atoms with van der Waals surface area (Å²) in [5.41, 5.74) is 0. The smallest absolute Gasteiger partial charge is 0.315 e. The van der Waals surface area contributed by atoms with Gasteiger partial charge in [-0.2, -0.15) is 0 Å². The summed E-state index contributed by atoms with van der Waals surface area (Å²) in [5, 5.41) is 14.9. The molecule has 0 aliphatic heterocycles. The summed E-state index contributed by atoms with van der Waals surface area (Å²) >= 11 is 0. The molecule has 2 amide bonds. The minimum atomic E-state index is -0.732. The van der Waals surface area contributed by atoms with Gasteiger partial charge in [-0.1, -0.05) is 33.1 Å². The number of carboxylic acids is 1. The van der Waals surface area contributed by atoms with Crippen LogP contribution in [0.3, 0.4) is 0 Å². The molecule has 0 heterocycles. The fourth-order valence-corrected chi connectivity index (χ4v) is 2.75. The van der Waals surface area contributed by atoms with Crippen LogP contribution in [0, 0.1) is 17.8 Å². The molecule has 0 spiro atoms. The number of carbonyl (C=O) groups is 2. The van der Waals surface area contributed by atoms with Crippen LogP contribution in [-0.2, 0) is 4.79 Å². The van der Waals surface area contributed by atoms with E-state index in [-0.39, 0.29) is 23.9 Å². The van der Waals surface area contributed by atoms with Crippen LogP contribution in [0.15, 0.2) is 0 Å². The van der Waals surface area contributed by atoms with Gasteiger partial charge in [-0.15, -0.1) is 0 Å². The van der Waals surface area contributed by atoms with Crippen LogP contribution >= 0.6 is 0 Å². The molecule has 0 aromatic rings. The summed E-state index contributed by atoms with van der Waals surface area (Å²) in [5.74, 6) is -0.547. The lowest BCUT2D eigenvalue weighted by atomic mass is 9.79. The maximum atomic E-state index is 11.8. The highest BCUT2D eigenvalue weighted by atomic mass is 16.4. The summed E-state index contributed by atoms with van der Waals surface area (Å²) in [6.07, 6.45) is 4.67. The third-order valence-corrected chi connectivity index (χ3v) is 4.61. The van der Waals surface area contributed by atoms with Crippen molar-refractivity contribution < 1.29 is 14.7 Å². The van der Waals surface area contributed by atoms with Gasteiger partial charge in [-0.05, 0) is 31.6 Å². The quantitative estimate of drug-likeness (QED) is 0.701. The predicted octanol–water partition coefficient (Wildman–Crippen LogP) is 2.61. The van der Waals surface area contributed by atoms with E-state index in [1.54, 1.807) is 0 Å². The van der Waals surface area contributed by atoms with Crippen LogP contribution in [0.2, 0.25) is 0 Å². The van der Waals surface area contributed by atoms with Gasteiger partial charge in [0.2, 0.25) is 0 Å². The Kier molecular flexibility index (Phi) is 6.82. The highest BCUT2D eigenvalue weighted by Gasteiger charge is 2.30. The van der Waals surface area contributed by atoms with E-state index < -0.39 is 5.97 Å². The minimum absolute atomic E-state index is 0.0610. The molecule has 1 aliphatic carbocycles. The monoisotopic (exact) mass is 284 g/mol. The van der Waals surface area contributed by atoms with Gasteiger partial charge in [-0.25, -0.2) is 4.79 Å². The lowest BCUT2D eigenvalue weighted by Gasteiger charge is -2.29. The summed E-state index contributed by atoms with van der Waals surface area (Å²) in [4.78, 5) is 23.0. The molecule has 1 rings (SSSR count). The van der Waals surface area contributed by atoms with E-state index in [1.165, 1.54) is 0 Å². The Balaban J connectivity index is 2.37. The standard InChI is InChI=1S/C15H28N2O3/c1-4-10(2)11(3)17-15(20)16-9-12-7-5-6-8-13(12)14(18)19/h10-13H,4-9H2,1-3H3,(H,18,19)(H2,16,17,20). The highest BCUT2D eigenvalue weighted by Crippen LogP contribution is 2.29. The minimum Gasteiger partial charge on any atom is -0.481 e. The SMILES string of the molecule is CCC(C)C(C)NC(=O)NCC1CCCCC1C(=O)O. The molecule has 4 unspecified atom stereocenters. The third kappa shape index (κ3) is 5.02. The van der Waals surface area contributed by atoms with E-state index in [0.29, 0.717) is 12.5 Å². The van der Waals surface area contributed by atoms with Crippen LogP contribution in [0.25, 0.3) is 0 Å². The van der Waals surface area contributed by atoms with Gasteiger partial charge in [0.25, 0.3) is 0 Å². The largest absolute Gasteiger partial charge is 0.481 e. The summed E-state index contributed by atoms with van der Waals surface area (Å²) in [7, 11) is 0. The van der Waals surface area contributed by atoms with Crippen molar-refractivity contribution in [2.75, 3.05) is 6.54 Å². The van der Waals surface area contributed by atoms with Gasteiger partial charge < -0.3 is 15.7 Å². The number of hydrogen-bond donors (Lipinski definition) is 3. The van der Waals surface area contributed by atoms with Crippen molar-refractivity contribution in [3.8, 4) is 0 Å². The number of carboxylic acid groups (broad SMARTS) is 1. The predicted molar refractivity (Wildman–Crippen MR) is 78.5 cm³/mol. The lowest BCUT2D eigenvalue weighted by Crippen LogP contribution is -2.46. The average Bonchev–Trinajstić information content (AvgIpc) is 2.44. The van der Waals surface area contributed by atoms with E-state index in [1.807, 2.05) is 6.92 Å². The average molecular weight is 284 g/mol.